The number of nitrogens with one attached hydrogen (secondary N) is 1. The van der Waals surface area contributed by atoms with Crippen molar-refractivity contribution < 1.29 is 13.5 Å². The molecule has 2 aromatic rings. The summed E-state index contributed by atoms with van der Waals surface area (Å²) in [5, 5.41) is 3.08. The van der Waals surface area contributed by atoms with E-state index in [-0.39, 0.29) is 6.54 Å². The minimum Gasteiger partial charge on any atom is -0.496 e. The van der Waals surface area contributed by atoms with Crippen LogP contribution < -0.4 is 10.1 Å². The van der Waals surface area contributed by atoms with Crippen molar-refractivity contribution in [2.24, 2.45) is 0 Å². The molecule has 2 rings (SSSR count). The van der Waals surface area contributed by atoms with Crippen LogP contribution in [0.25, 0.3) is 0 Å². The Hall–Kier alpha value is -1.95. The fourth-order valence-corrected chi connectivity index (χ4v) is 1.82. The van der Waals surface area contributed by atoms with E-state index >= 15 is 0 Å². The van der Waals surface area contributed by atoms with E-state index in [9.17, 15) is 8.78 Å². The lowest BCUT2D eigenvalue weighted by atomic mass is 10.2. The van der Waals surface area contributed by atoms with E-state index in [0.717, 1.165) is 15.9 Å². The van der Waals surface area contributed by atoms with Crippen LogP contribution in [0.2, 0.25) is 0 Å². The highest BCUT2D eigenvalue weighted by Crippen LogP contribution is 2.17. The zero-order valence-corrected chi connectivity index (χ0v) is 10.5. The Kier molecular flexibility index (Phi) is 4.46. The predicted octanol–water partition coefficient (Wildman–Crippen LogP) is 2.58. The van der Waals surface area contributed by atoms with Gasteiger partial charge in [0.25, 0.3) is 0 Å². The van der Waals surface area contributed by atoms with Crippen molar-refractivity contribution in [3.63, 3.8) is 0 Å². The highest BCUT2D eigenvalue weighted by atomic mass is 19.3. The Balaban J connectivity index is 1.95. The van der Waals surface area contributed by atoms with Gasteiger partial charge in [-0.1, -0.05) is 18.2 Å². The van der Waals surface area contributed by atoms with Crippen LogP contribution in [0.1, 0.15) is 17.9 Å². The van der Waals surface area contributed by atoms with Crippen LogP contribution in [-0.4, -0.2) is 16.7 Å². The van der Waals surface area contributed by atoms with Gasteiger partial charge in [-0.3, -0.25) is 4.57 Å². The number of hydrogen-bond acceptors (Lipinski definition) is 3. The van der Waals surface area contributed by atoms with Crippen molar-refractivity contribution in [2.45, 2.75) is 19.6 Å². The summed E-state index contributed by atoms with van der Waals surface area (Å²) in [5.41, 5.74) is 0.972. The van der Waals surface area contributed by atoms with Gasteiger partial charge in [0.15, 0.2) is 0 Å². The van der Waals surface area contributed by atoms with Crippen molar-refractivity contribution in [3.8, 4) is 5.75 Å². The summed E-state index contributed by atoms with van der Waals surface area (Å²) in [5.74, 6) is 1.08. The Morgan fingerprint density at radius 1 is 1.32 bits per heavy atom. The number of aromatic nitrogens is 2. The third kappa shape index (κ3) is 3.29. The van der Waals surface area contributed by atoms with Crippen molar-refractivity contribution >= 4 is 0 Å². The molecule has 0 aliphatic heterocycles. The van der Waals surface area contributed by atoms with E-state index in [1.165, 1.54) is 12.4 Å². The van der Waals surface area contributed by atoms with Crippen LogP contribution in [0.15, 0.2) is 36.7 Å². The maximum absolute atomic E-state index is 12.6. The molecule has 0 saturated carbocycles. The molecule has 0 aliphatic rings. The average Bonchev–Trinajstić information content (AvgIpc) is 2.88. The average molecular weight is 267 g/mol. The molecule has 4 nitrogen and oxygen atoms in total. The summed E-state index contributed by atoms with van der Waals surface area (Å²) in [4.78, 5) is 3.90. The maximum atomic E-state index is 12.6. The molecule has 0 aliphatic carbocycles. The monoisotopic (exact) mass is 267 g/mol. The number of methoxy groups -OCH3 is 1. The van der Waals surface area contributed by atoms with Crippen LogP contribution in [0.5, 0.6) is 5.75 Å². The summed E-state index contributed by atoms with van der Waals surface area (Å²) in [6, 6.07) is 7.56. The normalized spacial score (nSPS) is 10.9. The van der Waals surface area contributed by atoms with Crippen LogP contribution >= 0.6 is 0 Å². The predicted molar refractivity (Wildman–Crippen MR) is 67.0 cm³/mol. The number of imidazole rings is 1. The fraction of sp³-hybridized carbons (Fsp3) is 0.308. The molecule has 102 valence electrons. The van der Waals surface area contributed by atoms with E-state index in [2.05, 4.69) is 10.3 Å². The summed E-state index contributed by atoms with van der Waals surface area (Å²) in [6.45, 7) is -1.76. The zero-order valence-electron chi connectivity index (χ0n) is 10.5. The van der Waals surface area contributed by atoms with Gasteiger partial charge in [-0.15, -0.1) is 0 Å². The van der Waals surface area contributed by atoms with Crippen LogP contribution in [-0.2, 0) is 13.1 Å². The summed E-state index contributed by atoms with van der Waals surface area (Å²) < 4.78 is 31.3. The molecule has 0 radical (unpaired) electrons. The summed E-state index contributed by atoms with van der Waals surface area (Å²) >= 11 is 0. The highest BCUT2D eigenvalue weighted by Gasteiger charge is 2.10. The van der Waals surface area contributed by atoms with Crippen molar-refractivity contribution in [2.75, 3.05) is 7.11 Å². The highest BCUT2D eigenvalue weighted by molar-refractivity contribution is 5.32. The molecule has 0 amide bonds. The smallest absolute Gasteiger partial charge is 0.319 e. The van der Waals surface area contributed by atoms with E-state index in [1.54, 1.807) is 7.11 Å². The number of para-hydroxylation sites is 1. The van der Waals surface area contributed by atoms with Crippen molar-refractivity contribution in [1.82, 2.24) is 14.9 Å². The standard InChI is InChI=1S/C13H15F2N3O/c1-19-11-5-3-2-4-10(11)8-16-9-12-17-6-7-18(12)13(14)15/h2-7,13,16H,8-9H2,1H3. The SMILES string of the molecule is COc1ccccc1CNCc1nccn1C(F)F. The molecule has 0 unspecified atom stereocenters. The van der Waals surface area contributed by atoms with Gasteiger partial charge >= 0.3 is 6.55 Å². The molecular weight excluding hydrogens is 252 g/mol. The molecule has 0 fully saturated rings. The third-order valence-corrected chi connectivity index (χ3v) is 2.75. The van der Waals surface area contributed by atoms with Crippen molar-refractivity contribution in [3.05, 3.63) is 48.0 Å². The number of ether oxygens (including phenoxy) is 1. The van der Waals surface area contributed by atoms with Crippen LogP contribution in [0.4, 0.5) is 8.78 Å². The molecular formula is C13H15F2N3O. The van der Waals surface area contributed by atoms with Crippen molar-refractivity contribution in [1.29, 1.82) is 0 Å². The largest absolute Gasteiger partial charge is 0.496 e. The first kappa shape index (κ1) is 13.5. The number of benzene rings is 1. The van der Waals surface area contributed by atoms with E-state index < -0.39 is 6.55 Å². The first-order valence-corrected chi connectivity index (χ1v) is 5.85. The number of halogens is 2. The Morgan fingerprint density at radius 3 is 2.84 bits per heavy atom. The Bertz CT molecular complexity index is 528. The van der Waals surface area contributed by atoms with Crippen LogP contribution in [0.3, 0.4) is 0 Å². The number of alkyl halides is 2. The van der Waals surface area contributed by atoms with E-state index in [1.807, 2.05) is 24.3 Å². The molecule has 0 bridgehead atoms. The minimum absolute atomic E-state index is 0.273. The molecule has 1 heterocycles. The van der Waals surface area contributed by atoms with Gasteiger partial charge in [0.05, 0.1) is 13.7 Å². The third-order valence-electron chi connectivity index (χ3n) is 2.75. The fourth-order valence-electron chi connectivity index (χ4n) is 1.82. The van der Waals surface area contributed by atoms with E-state index in [4.69, 9.17) is 4.74 Å². The molecule has 1 N–H and O–H groups in total. The van der Waals surface area contributed by atoms with Gasteiger partial charge in [-0.2, -0.15) is 8.78 Å². The van der Waals surface area contributed by atoms with Gasteiger partial charge in [0, 0.05) is 24.5 Å². The Morgan fingerprint density at radius 2 is 2.11 bits per heavy atom. The zero-order chi connectivity index (χ0) is 13.7. The Labute approximate surface area is 110 Å². The summed E-state index contributed by atoms with van der Waals surface area (Å²) in [6.07, 6.45) is 2.64. The van der Waals surface area contributed by atoms with Gasteiger partial charge in [0.1, 0.15) is 11.6 Å². The topological polar surface area (TPSA) is 39.1 Å². The molecule has 19 heavy (non-hydrogen) atoms. The molecule has 0 atom stereocenters. The second-order valence-corrected chi connectivity index (χ2v) is 3.94. The first-order chi connectivity index (χ1) is 9.22. The second kappa shape index (κ2) is 6.29. The molecule has 0 saturated heterocycles. The molecule has 0 spiro atoms. The van der Waals surface area contributed by atoms with Gasteiger partial charge in [0.2, 0.25) is 0 Å². The van der Waals surface area contributed by atoms with Gasteiger partial charge < -0.3 is 10.1 Å². The number of nitrogens with zero attached hydrogens (tertiary/aromatic N) is 2. The van der Waals surface area contributed by atoms with Crippen LogP contribution in [0, 0.1) is 0 Å². The number of rotatable bonds is 6. The van der Waals surface area contributed by atoms with Gasteiger partial charge in [-0.25, -0.2) is 4.98 Å². The number of hydrogen-bond donors (Lipinski definition) is 1. The lowest BCUT2D eigenvalue weighted by Crippen LogP contribution is -2.17. The minimum atomic E-state index is -2.56. The van der Waals surface area contributed by atoms with Gasteiger partial charge in [-0.05, 0) is 6.07 Å². The van der Waals surface area contributed by atoms with E-state index in [0.29, 0.717) is 12.4 Å². The first-order valence-electron chi connectivity index (χ1n) is 5.85. The lowest BCUT2D eigenvalue weighted by Gasteiger charge is -2.10. The maximum Gasteiger partial charge on any atom is 0.319 e. The quantitative estimate of drug-likeness (QED) is 0.874. The summed E-state index contributed by atoms with van der Waals surface area (Å²) in [7, 11) is 1.60. The molecule has 1 aromatic heterocycles. The molecule has 6 heteroatoms. The second-order valence-electron chi connectivity index (χ2n) is 3.94. The lowest BCUT2D eigenvalue weighted by molar-refractivity contribution is 0.0666. The molecule has 1 aromatic carbocycles.